The molecule has 0 bridgehead atoms. The third-order valence-electron chi connectivity index (χ3n) is 3.02. The van der Waals surface area contributed by atoms with E-state index in [1.54, 1.807) is 0 Å². The van der Waals surface area contributed by atoms with Gasteiger partial charge in [0.05, 0.1) is 6.04 Å². The predicted molar refractivity (Wildman–Crippen MR) is 68.2 cm³/mol. The molecule has 1 atom stereocenters. The molecule has 0 amide bonds. The Labute approximate surface area is 105 Å². The second-order valence-corrected chi connectivity index (χ2v) is 4.24. The highest BCUT2D eigenvalue weighted by atomic mass is 19.1. The van der Waals surface area contributed by atoms with Crippen LogP contribution < -0.4 is 5.73 Å². The zero-order valence-corrected chi connectivity index (χ0v) is 10.2. The van der Waals surface area contributed by atoms with Gasteiger partial charge in [-0.05, 0) is 23.6 Å². The van der Waals surface area contributed by atoms with Crippen LogP contribution in [0.2, 0.25) is 0 Å². The first-order valence-corrected chi connectivity index (χ1v) is 5.91. The van der Waals surface area contributed by atoms with Crippen molar-refractivity contribution in [3.63, 3.8) is 0 Å². The summed E-state index contributed by atoms with van der Waals surface area (Å²) < 4.78 is 26.5. The van der Waals surface area contributed by atoms with Gasteiger partial charge < -0.3 is 5.73 Å². The van der Waals surface area contributed by atoms with Crippen molar-refractivity contribution in [2.45, 2.75) is 19.4 Å². The van der Waals surface area contributed by atoms with E-state index in [0.717, 1.165) is 23.6 Å². The summed E-state index contributed by atoms with van der Waals surface area (Å²) in [6.45, 7) is 2.04. The molecule has 1 unspecified atom stereocenters. The van der Waals surface area contributed by atoms with Gasteiger partial charge in [-0.15, -0.1) is 0 Å². The first-order valence-electron chi connectivity index (χ1n) is 5.91. The van der Waals surface area contributed by atoms with E-state index < -0.39 is 17.7 Å². The molecule has 3 heteroatoms. The minimum absolute atomic E-state index is 0.310. The molecule has 2 rings (SSSR count). The highest BCUT2D eigenvalue weighted by molar-refractivity contribution is 5.34. The molecule has 18 heavy (non-hydrogen) atoms. The highest BCUT2D eigenvalue weighted by Gasteiger charge is 2.14. The van der Waals surface area contributed by atoms with Crippen LogP contribution in [-0.4, -0.2) is 0 Å². The molecule has 0 aliphatic carbocycles. The number of halogens is 2. The monoisotopic (exact) mass is 247 g/mol. The van der Waals surface area contributed by atoms with E-state index in [0.29, 0.717) is 5.56 Å². The molecule has 1 nitrogen and oxygen atoms in total. The highest BCUT2D eigenvalue weighted by Crippen LogP contribution is 2.23. The third kappa shape index (κ3) is 2.57. The van der Waals surface area contributed by atoms with Crippen molar-refractivity contribution in [2.75, 3.05) is 0 Å². The molecule has 0 heterocycles. The normalized spacial score (nSPS) is 12.4. The van der Waals surface area contributed by atoms with E-state index in [1.165, 1.54) is 12.1 Å². The van der Waals surface area contributed by atoms with Crippen molar-refractivity contribution < 1.29 is 8.78 Å². The Morgan fingerprint density at radius 1 is 1.11 bits per heavy atom. The lowest BCUT2D eigenvalue weighted by atomic mass is 9.97. The number of benzene rings is 2. The van der Waals surface area contributed by atoms with E-state index in [9.17, 15) is 8.78 Å². The summed E-state index contributed by atoms with van der Waals surface area (Å²) in [4.78, 5) is 0. The maximum atomic E-state index is 13.6. The average molecular weight is 247 g/mol. The van der Waals surface area contributed by atoms with Gasteiger partial charge in [-0.2, -0.15) is 0 Å². The Morgan fingerprint density at radius 3 is 2.56 bits per heavy atom. The van der Waals surface area contributed by atoms with Crippen LogP contribution in [-0.2, 0) is 6.42 Å². The van der Waals surface area contributed by atoms with E-state index >= 15 is 0 Å². The smallest absolute Gasteiger partial charge is 0.131 e. The Bertz CT molecular complexity index is 552. The first-order chi connectivity index (χ1) is 8.61. The molecule has 0 aliphatic heterocycles. The van der Waals surface area contributed by atoms with Crippen LogP contribution in [0.15, 0.2) is 42.5 Å². The third-order valence-corrected chi connectivity index (χ3v) is 3.02. The Balaban J connectivity index is 2.37. The van der Waals surface area contributed by atoms with Gasteiger partial charge in [0.1, 0.15) is 11.6 Å². The molecule has 0 aromatic heterocycles. The summed E-state index contributed by atoms with van der Waals surface area (Å²) >= 11 is 0. The maximum absolute atomic E-state index is 13.6. The van der Waals surface area contributed by atoms with Gasteiger partial charge in [0.25, 0.3) is 0 Å². The van der Waals surface area contributed by atoms with E-state index in [4.69, 9.17) is 5.73 Å². The fourth-order valence-electron chi connectivity index (χ4n) is 1.94. The standard InChI is InChI=1S/C15H15F2N/c1-2-10-4-3-5-11(8-10)15(18)13-7-6-12(16)9-14(13)17/h3-9,15H,2,18H2,1H3. The van der Waals surface area contributed by atoms with Crippen molar-refractivity contribution in [2.24, 2.45) is 5.73 Å². The molecule has 94 valence electrons. The van der Waals surface area contributed by atoms with Crippen LogP contribution in [0.25, 0.3) is 0 Å². The zero-order valence-electron chi connectivity index (χ0n) is 10.2. The fourth-order valence-corrected chi connectivity index (χ4v) is 1.94. The first kappa shape index (κ1) is 12.7. The minimum Gasteiger partial charge on any atom is -0.320 e. The molecular formula is C15H15F2N. The molecule has 2 aromatic carbocycles. The predicted octanol–water partition coefficient (Wildman–Crippen LogP) is 3.58. The molecular weight excluding hydrogens is 232 g/mol. The molecule has 2 N–H and O–H groups in total. The number of hydrogen-bond acceptors (Lipinski definition) is 1. The van der Waals surface area contributed by atoms with Gasteiger partial charge in [0.2, 0.25) is 0 Å². The van der Waals surface area contributed by atoms with Crippen molar-refractivity contribution in [1.29, 1.82) is 0 Å². The van der Waals surface area contributed by atoms with Crippen molar-refractivity contribution in [3.8, 4) is 0 Å². The summed E-state index contributed by atoms with van der Waals surface area (Å²) in [7, 11) is 0. The molecule has 0 spiro atoms. The maximum Gasteiger partial charge on any atom is 0.131 e. The molecule has 2 aromatic rings. The lowest BCUT2D eigenvalue weighted by molar-refractivity contribution is 0.566. The van der Waals surface area contributed by atoms with Gasteiger partial charge in [-0.1, -0.05) is 37.3 Å². The summed E-state index contributed by atoms with van der Waals surface area (Å²) in [5.74, 6) is -1.20. The van der Waals surface area contributed by atoms with Crippen LogP contribution in [0, 0.1) is 11.6 Å². The van der Waals surface area contributed by atoms with Gasteiger partial charge in [0.15, 0.2) is 0 Å². The molecule has 0 radical (unpaired) electrons. The Hall–Kier alpha value is -1.74. The SMILES string of the molecule is CCc1cccc(C(N)c2ccc(F)cc2F)c1. The van der Waals surface area contributed by atoms with Crippen LogP contribution in [0.3, 0.4) is 0 Å². The van der Waals surface area contributed by atoms with E-state index in [1.807, 2.05) is 31.2 Å². The molecule has 0 saturated heterocycles. The number of hydrogen-bond donors (Lipinski definition) is 1. The molecule has 0 aliphatic rings. The Kier molecular flexibility index (Phi) is 3.72. The number of nitrogens with two attached hydrogens (primary N) is 1. The van der Waals surface area contributed by atoms with Crippen LogP contribution in [0.1, 0.15) is 29.7 Å². The van der Waals surface area contributed by atoms with E-state index in [-0.39, 0.29) is 0 Å². The van der Waals surface area contributed by atoms with Crippen LogP contribution in [0.5, 0.6) is 0 Å². The summed E-state index contributed by atoms with van der Waals surface area (Å²) in [5.41, 5.74) is 8.32. The topological polar surface area (TPSA) is 26.0 Å². The van der Waals surface area contributed by atoms with Crippen molar-refractivity contribution >= 4 is 0 Å². The van der Waals surface area contributed by atoms with Gasteiger partial charge in [0, 0.05) is 11.6 Å². The summed E-state index contributed by atoms with van der Waals surface area (Å²) in [5, 5.41) is 0. The van der Waals surface area contributed by atoms with Gasteiger partial charge in [-0.25, -0.2) is 8.78 Å². The second-order valence-electron chi connectivity index (χ2n) is 4.24. The van der Waals surface area contributed by atoms with Crippen molar-refractivity contribution in [1.82, 2.24) is 0 Å². The quantitative estimate of drug-likeness (QED) is 0.881. The Morgan fingerprint density at radius 2 is 1.89 bits per heavy atom. The minimum atomic E-state index is -0.607. The summed E-state index contributed by atoms with van der Waals surface area (Å²) in [6.07, 6.45) is 0.895. The zero-order chi connectivity index (χ0) is 13.1. The second kappa shape index (κ2) is 5.27. The van der Waals surface area contributed by atoms with Gasteiger partial charge in [-0.3, -0.25) is 0 Å². The molecule has 0 saturated carbocycles. The van der Waals surface area contributed by atoms with Gasteiger partial charge >= 0.3 is 0 Å². The fraction of sp³-hybridized carbons (Fsp3) is 0.200. The van der Waals surface area contributed by atoms with Crippen LogP contribution in [0.4, 0.5) is 8.78 Å². The van der Waals surface area contributed by atoms with Crippen molar-refractivity contribution in [3.05, 3.63) is 70.8 Å². The summed E-state index contributed by atoms with van der Waals surface area (Å²) in [6, 6.07) is 10.6. The lowest BCUT2D eigenvalue weighted by Gasteiger charge is -2.14. The number of rotatable bonds is 3. The molecule has 0 fully saturated rings. The lowest BCUT2D eigenvalue weighted by Crippen LogP contribution is -2.14. The van der Waals surface area contributed by atoms with E-state index in [2.05, 4.69) is 0 Å². The largest absolute Gasteiger partial charge is 0.320 e. The average Bonchev–Trinajstić information content (AvgIpc) is 2.38. The number of aryl methyl sites for hydroxylation is 1. The van der Waals surface area contributed by atoms with Crippen LogP contribution >= 0.6 is 0 Å².